The minimum atomic E-state index is -3.57. The highest BCUT2D eigenvalue weighted by Crippen LogP contribution is 2.15. The molecule has 0 amide bonds. The molecule has 0 aliphatic heterocycles. The van der Waals surface area contributed by atoms with Gasteiger partial charge in [0.15, 0.2) is 6.33 Å². The maximum absolute atomic E-state index is 12.0. The molecule has 0 aromatic carbocycles. The molecule has 0 bridgehead atoms. The number of nitrogens with one attached hydrogen (secondary N) is 2. The zero-order chi connectivity index (χ0) is 13.2. The van der Waals surface area contributed by atoms with E-state index < -0.39 is 10.0 Å². The number of aromatic nitrogens is 4. The Morgan fingerprint density at radius 2 is 2.22 bits per heavy atom. The largest absolute Gasteiger partial charge is 0.340 e. The van der Waals surface area contributed by atoms with Crippen LogP contribution in [0.2, 0.25) is 0 Å². The molecule has 2 aromatic heterocycles. The summed E-state index contributed by atoms with van der Waals surface area (Å²) in [6, 6.07) is 0. The molecule has 0 saturated carbocycles. The van der Waals surface area contributed by atoms with Gasteiger partial charge in [-0.3, -0.25) is 5.10 Å². The third-order valence-electron chi connectivity index (χ3n) is 2.37. The summed E-state index contributed by atoms with van der Waals surface area (Å²) in [6.07, 6.45) is 1.61. The topological polar surface area (TPSA) is 114 Å². The monoisotopic (exact) mass is 271 g/mol. The molecule has 0 aliphatic rings. The normalized spacial score (nSPS) is 11.9. The lowest BCUT2D eigenvalue weighted by molar-refractivity contribution is 0.377. The molecule has 9 heteroatoms. The maximum Gasteiger partial charge on any atom is 0.244 e. The quantitative estimate of drug-likeness (QED) is 0.787. The maximum atomic E-state index is 12.0. The fourth-order valence-electron chi connectivity index (χ4n) is 1.61. The Hall–Kier alpha value is -1.74. The number of aromatic amines is 1. The Labute approximate surface area is 104 Å². The Morgan fingerprint density at radius 1 is 1.44 bits per heavy atom. The molecule has 18 heavy (non-hydrogen) atoms. The SMILES string of the molecule is Cc1n[nH]c(C)c1S(=O)(=O)NCCc1ncno1. The zero-order valence-electron chi connectivity index (χ0n) is 9.97. The van der Waals surface area contributed by atoms with Crippen LogP contribution in [0.4, 0.5) is 0 Å². The van der Waals surface area contributed by atoms with Crippen LogP contribution in [0.5, 0.6) is 0 Å². The van der Waals surface area contributed by atoms with Gasteiger partial charge in [0.2, 0.25) is 15.9 Å². The number of hydrogen-bond donors (Lipinski definition) is 2. The van der Waals surface area contributed by atoms with Gasteiger partial charge in [0.1, 0.15) is 4.90 Å². The first kappa shape index (κ1) is 12.7. The average molecular weight is 271 g/mol. The summed E-state index contributed by atoms with van der Waals surface area (Å²) in [5.74, 6) is 0.387. The van der Waals surface area contributed by atoms with Gasteiger partial charge < -0.3 is 4.52 Å². The molecule has 2 heterocycles. The predicted octanol–water partition coefficient (Wildman–Crippen LogP) is -0.0695. The Bertz CT molecular complexity index is 597. The summed E-state index contributed by atoms with van der Waals surface area (Å²) < 4.78 is 31.3. The lowest BCUT2D eigenvalue weighted by Crippen LogP contribution is -2.26. The van der Waals surface area contributed by atoms with Crippen molar-refractivity contribution in [3.63, 3.8) is 0 Å². The summed E-state index contributed by atoms with van der Waals surface area (Å²) in [4.78, 5) is 3.99. The van der Waals surface area contributed by atoms with Crippen LogP contribution in [0, 0.1) is 13.8 Å². The minimum absolute atomic E-state index is 0.188. The highest BCUT2D eigenvalue weighted by Gasteiger charge is 2.21. The van der Waals surface area contributed by atoms with E-state index in [9.17, 15) is 8.42 Å². The summed E-state index contributed by atoms with van der Waals surface area (Å²) in [6.45, 7) is 3.48. The third-order valence-corrected chi connectivity index (χ3v) is 4.09. The second-order valence-electron chi connectivity index (χ2n) is 3.75. The van der Waals surface area contributed by atoms with Gasteiger partial charge in [0, 0.05) is 13.0 Å². The Morgan fingerprint density at radius 3 is 2.78 bits per heavy atom. The number of aryl methyl sites for hydroxylation is 2. The highest BCUT2D eigenvalue weighted by atomic mass is 32.2. The highest BCUT2D eigenvalue weighted by molar-refractivity contribution is 7.89. The minimum Gasteiger partial charge on any atom is -0.340 e. The van der Waals surface area contributed by atoms with Crippen molar-refractivity contribution in [2.75, 3.05) is 6.54 Å². The summed E-state index contributed by atoms with van der Waals surface area (Å²) in [7, 11) is -3.57. The molecule has 2 rings (SSSR count). The molecule has 8 nitrogen and oxygen atoms in total. The summed E-state index contributed by atoms with van der Waals surface area (Å²) in [5, 5.41) is 9.93. The Kier molecular flexibility index (Phi) is 3.43. The van der Waals surface area contributed by atoms with Crippen molar-refractivity contribution in [2.24, 2.45) is 0 Å². The van der Waals surface area contributed by atoms with Gasteiger partial charge in [-0.2, -0.15) is 10.1 Å². The van der Waals surface area contributed by atoms with Gasteiger partial charge in [-0.15, -0.1) is 0 Å². The van der Waals surface area contributed by atoms with Crippen molar-refractivity contribution in [3.05, 3.63) is 23.6 Å². The molecular weight excluding hydrogens is 258 g/mol. The van der Waals surface area contributed by atoms with E-state index >= 15 is 0 Å². The van der Waals surface area contributed by atoms with E-state index in [1.165, 1.54) is 6.33 Å². The number of sulfonamides is 1. The van der Waals surface area contributed by atoms with Crippen molar-refractivity contribution in [3.8, 4) is 0 Å². The van der Waals surface area contributed by atoms with E-state index in [4.69, 9.17) is 4.52 Å². The number of hydrogen-bond acceptors (Lipinski definition) is 6. The van der Waals surface area contributed by atoms with Crippen molar-refractivity contribution in [2.45, 2.75) is 25.2 Å². The first-order chi connectivity index (χ1) is 8.50. The van der Waals surface area contributed by atoms with Crippen LogP contribution >= 0.6 is 0 Å². The zero-order valence-corrected chi connectivity index (χ0v) is 10.8. The van der Waals surface area contributed by atoms with Crippen LogP contribution in [-0.2, 0) is 16.4 Å². The fourth-order valence-corrected chi connectivity index (χ4v) is 3.01. The van der Waals surface area contributed by atoms with Gasteiger partial charge in [0.25, 0.3) is 0 Å². The van der Waals surface area contributed by atoms with Crippen LogP contribution in [-0.4, -0.2) is 35.3 Å². The van der Waals surface area contributed by atoms with Gasteiger partial charge in [-0.1, -0.05) is 5.16 Å². The van der Waals surface area contributed by atoms with Crippen LogP contribution in [0.1, 0.15) is 17.3 Å². The molecule has 0 radical (unpaired) electrons. The standard InChI is InChI=1S/C9H13N5O3S/c1-6-9(7(2)14-13-6)18(15,16)12-4-3-8-10-5-11-17-8/h5,12H,3-4H2,1-2H3,(H,13,14). The summed E-state index contributed by atoms with van der Waals surface area (Å²) >= 11 is 0. The van der Waals surface area contributed by atoms with Crippen LogP contribution < -0.4 is 4.72 Å². The first-order valence-electron chi connectivity index (χ1n) is 5.27. The molecule has 0 aliphatic carbocycles. The number of H-pyrrole nitrogens is 1. The van der Waals surface area contributed by atoms with Crippen molar-refractivity contribution in [1.82, 2.24) is 25.1 Å². The number of nitrogens with zero attached hydrogens (tertiary/aromatic N) is 3. The molecule has 0 fully saturated rings. The van der Waals surface area contributed by atoms with Crippen molar-refractivity contribution < 1.29 is 12.9 Å². The fraction of sp³-hybridized carbons (Fsp3) is 0.444. The second-order valence-corrected chi connectivity index (χ2v) is 5.45. The van der Waals surface area contributed by atoms with Crippen LogP contribution in [0.25, 0.3) is 0 Å². The third kappa shape index (κ3) is 2.57. The van der Waals surface area contributed by atoms with E-state index in [2.05, 4.69) is 25.1 Å². The Balaban J connectivity index is 2.04. The van der Waals surface area contributed by atoms with E-state index in [1.54, 1.807) is 13.8 Å². The average Bonchev–Trinajstić information content (AvgIpc) is 2.89. The summed E-state index contributed by atoms with van der Waals surface area (Å²) in [5.41, 5.74) is 0.954. The van der Waals surface area contributed by atoms with E-state index in [0.29, 0.717) is 23.7 Å². The lowest BCUT2D eigenvalue weighted by Gasteiger charge is -2.05. The van der Waals surface area contributed by atoms with Gasteiger partial charge >= 0.3 is 0 Å². The lowest BCUT2D eigenvalue weighted by atomic mass is 10.4. The molecular formula is C9H13N5O3S. The molecule has 0 spiro atoms. The van der Waals surface area contributed by atoms with Crippen molar-refractivity contribution in [1.29, 1.82) is 0 Å². The molecule has 0 unspecified atom stereocenters. The van der Waals surface area contributed by atoms with Crippen LogP contribution in [0.3, 0.4) is 0 Å². The van der Waals surface area contributed by atoms with E-state index in [1.807, 2.05) is 0 Å². The number of rotatable bonds is 5. The van der Waals surface area contributed by atoms with E-state index in [0.717, 1.165) is 0 Å². The molecule has 0 saturated heterocycles. The smallest absolute Gasteiger partial charge is 0.244 e. The second kappa shape index (κ2) is 4.86. The van der Waals surface area contributed by atoms with Gasteiger partial charge in [-0.05, 0) is 13.8 Å². The molecule has 2 N–H and O–H groups in total. The van der Waals surface area contributed by atoms with E-state index in [-0.39, 0.29) is 11.4 Å². The first-order valence-corrected chi connectivity index (χ1v) is 6.76. The molecule has 2 aromatic rings. The molecule has 0 atom stereocenters. The predicted molar refractivity (Wildman–Crippen MR) is 61.3 cm³/mol. The van der Waals surface area contributed by atoms with Crippen LogP contribution in [0.15, 0.2) is 15.7 Å². The van der Waals surface area contributed by atoms with Gasteiger partial charge in [0.05, 0.1) is 11.4 Å². The molecule has 98 valence electrons. The van der Waals surface area contributed by atoms with Crippen molar-refractivity contribution >= 4 is 10.0 Å². The van der Waals surface area contributed by atoms with Gasteiger partial charge in [-0.25, -0.2) is 13.1 Å².